The monoisotopic (exact) mass is 602 g/mol. The number of nitrogens with one attached hydrogen (secondary N) is 3. The molecule has 0 unspecified atom stereocenters. The van der Waals surface area contributed by atoms with E-state index in [0.717, 1.165) is 4.90 Å². The molecule has 0 atom stereocenters. The zero-order valence-electron chi connectivity index (χ0n) is 22.7. The second-order valence-electron chi connectivity index (χ2n) is 8.66. The first-order valence-corrected chi connectivity index (χ1v) is 14.0. The van der Waals surface area contributed by atoms with Crippen molar-refractivity contribution < 1.29 is 23.9 Å². The number of hydrogen-bond donors (Lipinski definition) is 3. The van der Waals surface area contributed by atoms with E-state index in [9.17, 15) is 14.4 Å². The Morgan fingerprint density at radius 2 is 1.67 bits per heavy atom. The molecule has 0 radical (unpaired) electrons. The Hall–Kier alpha value is -4.80. The van der Waals surface area contributed by atoms with Gasteiger partial charge >= 0.3 is 0 Å². The van der Waals surface area contributed by atoms with Crippen molar-refractivity contribution in [3.8, 4) is 11.5 Å². The molecule has 42 heavy (non-hydrogen) atoms. The first-order chi connectivity index (χ1) is 20.3. The minimum atomic E-state index is -0.542. The van der Waals surface area contributed by atoms with E-state index in [1.807, 2.05) is 0 Å². The second-order valence-corrected chi connectivity index (χ2v) is 10.1. The van der Waals surface area contributed by atoms with Crippen molar-refractivity contribution in [2.45, 2.75) is 4.90 Å². The number of ether oxygens (including phenoxy) is 2. The molecule has 3 N–H and O–H groups in total. The molecule has 1 heterocycles. The van der Waals surface area contributed by atoms with E-state index in [0.29, 0.717) is 39.2 Å². The minimum absolute atomic E-state index is 0.00124. The number of amides is 3. The van der Waals surface area contributed by atoms with Crippen molar-refractivity contribution in [2.24, 2.45) is 0 Å². The maximum absolute atomic E-state index is 13.4. The normalized spacial score (nSPS) is 10.9. The third kappa shape index (κ3) is 8.60. The summed E-state index contributed by atoms with van der Waals surface area (Å²) < 4.78 is 10.8. The van der Waals surface area contributed by atoms with Crippen molar-refractivity contribution in [2.75, 3.05) is 30.6 Å². The Kier molecular flexibility index (Phi) is 10.6. The van der Waals surface area contributed by atoms with Crippen molar-refractivity contribution in [3.63, 3.8) is 0 Å². The third-order valence-electron chi connectivity index (χ3n) is 5.74. The highest BCUT2D eigenvalue weighted by Gasteiger charge is 2.17. The predicted octanol–water partition coefficient (Wildman–Crippen LogP) is 5.89. The van der Waals surface area contributed by atoms with E-state index >= 15 is 0 Å². The lowest BCUT2D eigenvalue weighted by Crippen LogP contribution is -2.30. The van der Waals surface area contributed by atoms with Crippen LogP contribution in [-0.2, 0) is 9.59 Å². The van der Waals surface area contributed by atoms with Crippen molar-refractivity contribution in [1.82, 2.24) is 10.3 Å². The average Bonchev–Trinajstić information content (AvgIpc) is 3.01. The van der Waals surface area contributed by atoms with Crippen LogP contribution in [0.1, 0.15) is 15.9 Å². The minimum Gasteiger partial charge on any atom is -0.497 e. The molecule has 11 heteroatoms. The van der Waals surface area contributed by atoms with Crippen LogP contribution in [0.5, 0.6) is 11.5 Å². The van der Waals surface area contributed by atoms with Gasteiger partial charge in [-0.05, 0) is 72.8 Å². The summed E-state index contributed by atoms with van der Waals surface area (Å²) in [6.07, 6.45) is 2.98. The summed E-state index contributed by atoms with van der Waals surface area (Å²) in [4.78, 5) is 43.5. The highest BCUT2D eigenvalue weighted by Crippen LogP contribution is 2.27. The summed E-state index contributed by atoms with van der Waals surface area (Å²) in [5.41, 5.74) is 1.43. The Balaban J connectivity index is 1.46. The SMILES string of the molecule is COc1ccc(OC)c(/C=C(\NC(=O)c2ccccc2)C(=O)Nc2ccc(SCC(=O)Nc3ccc(Cl)cn3)cc2)c1. The van der Waals surface area contributed by atoms with E-state index in [1.54, 1.807) is 84.9 Å². The largest absolute Gasteiger partial charge is 0.497 e. The summed E-state index contributed by atoms with van der Waals surface area (Å²) >= 11 is 7.15. The smallest absolute Gasteiger partial charge is 0.272 e. The molecule has 214 valence electrons. The van der Waals surface area contributed by atoms with Gasteiger partial charge in [0, 0.05) is 27.9 Å². The topological polar surface area (TPSA) is 119 Å². The molecule has 4 aromatic rings. The predicted molar refractivity (Wildman–Crippen MR) is 165 cm³/mol. The number of carbonyl (C=O) groups excluding carboxylic acids is 3. The number of carbonyl (C=O) groups is 3. The molecule has 0 fully saturated rings. The van der Waals surface area contributed by atoms with E-state index in [2.05, 4.69) is 20.9 Å². The molecule has 1 aromatic heterocycles. The van der Waals surface area contributed by atoms with Gasteiger partial charge in [-0.3, -0.25) is 14.4 Å². The summed E-state index contributed by atoms with van der Waals surface area (Å²) in [7, 11) is 3.05. The van der Waals surface area contributed by atoms with Crippen LogP contribution in [0.15, 0.2) is 102 Å². The number of aromatic nitrogens is 1. The highest BCUT2D eigenvalue weighted by molar-refractivity contribution is 8.00. The van der Waals surface area contributed by atoms with Crippen molar-refractivity contribution in [3.05, 3.63) is 113 Å². The number of rotatable bonds is 11. The summed E-state index contributed by atoms with van der Waals surface area (Å²) in [6, 6.07) is 24.0. The second kappa shape index (κ2) is 14.7. The lowest BCUT2D eigenvalue weighted by atomic mass is 10.1. The summed E-state index contributed by atoms with van der Waals surface area (Å²) in [5.74, 6) is 0.422. The first kappa shape index (κ1) is 30.2. The number of pyridine rings is 1. The molecule has 4 rings (SSSR count). The number of anilines is 2. The molecule has 0 aliphatic carbocycles. The van der Waals surface area contributed by atoms with Crippen molar-refractivity contribution in [1.29, 1.82) is 0 Å². The quantitative estimate of drug-likeness (QED) is 0.145. The Labute approximate surface area is 252 Å². The van der Waals surface area contributed by atoms with Gasteiger partial charge in [-0.1, -0.05) is 29.8 Å². The van der Waals surface area contributed by atoms with Gasteiger partial charge in [0.1, 0.15) is 23.0 Å². The van der Waals surface area contributed by atoms with Crippen LogP contribution in [0, 0.1) is 0 Å². The summed E-state index contributed by atoms with van der Waals surface area (Å²) in [6.45, 7) is 0. The van der Waals surface area contributed by atoms with Crippen molar-refractivity contribution >= 4 is 58.7 Å². The molecule has 3 amide bonds. The maximum Gasteiger partial charge on any atom is 0.272 e. The maximum atomic E-state index is 13.4. The van der Waals surface area contributed by atoms with Crippen LogP contribution >= 0.6 is 23.4 Å². The van der Waals surface area contributed by atoms with Crippen LogP contribution in [-0.4, -0.2) is 42.7 Å². The van der Waals surface area contributed by atoms with Crippen LogP contribution < -0.4 is 25.4 Å². The number of benzene rings is 3. The number of methoxy groups -OCH3 is 2. The van der Waals surface area contributed by atoms with Gasteiger partial charge < -0.3 is 25.4 Å². The van der Waals surface area contributed by atoms with Gasteiger partial charge in [-0.15, -0.1) is 11.8 Å². The van der Waals surface area contributed by atoms with Gasteiger partial charge in [0.2, 0.25) is 5.91 Å². The van der Waals surface area contributed by atoms with Gasteiger partial charge in [0.25, 0.3) is 11.8 Å². The molecule has 0 bridgehead atoms. The number of halogens is 1. The molecule has 0 saturated heterocycles. The molecule has 0 spiro atoms. The fourth-order valence-electron chi connectivity index (χ4n) is 3.66. The van der Waals surface area contributed by atoms with E-state index in [1.165, 1.54) is 38.3 Å². The Bertz CT molecular complexity index is 1580. The van der Waals surface area contributed by atoms with E-state index in [4.69, 9.17) is 21.1 Å². The Morgan fingerprint density at radius 3 is 2.33 bits per heavy atom. The van der Waals surface area contributed by atoms with Gasteiger partial charge in [-0.2, -0.15) is 0 Å². The Morgan fingerprint density at radius 1 is 0.905 bits per heavy atom. The average molecular weight is 603 g/mol. The molecule has 0 saturated carbocycles. The highest BCUT2D eigenvalue weighted by atomic mass is 35.5. The van der Waals surface area contributed by atoms with Gasteiger partial charge in [0.05, 0.1) is 25.0 Å². The van der Waals surface area contributed by atoms with Crippen LogP contribution in [0.25, 0.3) is 6.08 Å². The van der Waals surface area contributed by atoms with Gasteiger partial charge in [0.15, 0.2) is 0 Å². The third-order valence-corrected chi connectivity index (χ3v) is 6.98. The molecular formula is C31H27ClN4O5S. The fourth-order valence-corrected chi connectivity index (χ4v) is 4.47. The summed E-state index contributed by atoms with van der Waals surface area (Å²) in [5, 5.41) is 8.71. The number of thioether (sulfide) groups is 1. The zero-order chi connectivity index (χ0) is 29.9. The van der Waals surface area contributed by atoms with Gasteiger partial charge in [-0.25, -0.2) is 4.98 Å². The van der Waals surface area contributed by atoms with Crippen LogP contribution in [0.4, 0.5) is 11.5 Å². The fraction of sp³-hybridized carbons (Fsp3) is 0.0968. The molecule has 0 aliphatic heterocycles. The zero-order valence-corrected chi connectivity index (χ0v) is 24.3. The van der Waals surface area contributed by atoms with Crippen LogP contribution in [0.3, 0.4) is 0 Å². The molecule has 3 aromatic carbocycles. The van der Waals surface area contributed by atoms with E-state index in [-0.39, 0.29) is 17.4 Å². The molecule has 9 nitrogen and oxygen atoms in total. The van der Waals surface area contributed by atoms with Crippen LogP contribution in [0.2, 0.25) is 5.02 Å². The lowest BCUT2D eigenvalue weighted by Gasteiger charge is -2.13. The molecular weight excluding hydrogens is 576 g/mol. The molecule has 0 aliphatic rings. The van der Waals surface area contributed by atoms with E-state index < -0.39 is 11.8 Å². The standard InChI is InChI=1S/C31H27ClN4O5S/c1-40-24-11-14-27(41-2)21(16-24)17-26(35-30(38)20-6-4-3-5-7-20)31(39)34-23-9-12-25(13-10-23)42-19-29(37)36-28-15-8-22(32)18-33-28/h3-18H,19H2,1-2H3,(H,34,39)(H,35,38)(H,33,36,37)/b26-17-. The number of hydrogen-bond acceptors (Lipinski definition) is 7. The number of nitrogens with zero attached hydrogens (tertiary/aromatic N) is 1. The lowest BCUT2D eigenvalue weighted by molar-refractivity contribution is -0.114. The first-order valence-electron chi connectivity index (χ1n) is 12.6.